The Hall–Kier alpha value is -1.10. The molecule has 2 N–H and O–H groups in total. The molecule has 1 heterocycles. The smallest absolute Gasteiger partial charge is 0.307 e. The van der Waals surface area contributed by atoms with Gasteiger partial charge in [-0.15, -0.1) is 0 Å². The Morgan fingerprint density at radius 1 is 1.25 bits per heavy atom. The van der Waals surface area contributed by atoms with Crippen LogP contribution in [0.1, 0.15) is 53.4 Å². The largest absolute Gasteiger partial charge is 0.469 e. The van der Waals surface area contributed by atoms with Crippen LogP contribution < -0.4 is 5.73 Å². The van der Waals surface area contributed by atoms with Crippen molar-refractivity contribution in [1.29, 1.82) is 0 Å². The third-order valence-electron chi connectivity index (χ3n) is 4.66. The first-order valence-corrected chi connectivity index (χ1v) is 7.28. The Morgan fingerprint density at radius 2 is 1.85 bits per heavy atom. The number of carbonyl (C=O) groups excluding carboxylic acids is 2. The van der Waals surface area contributed by atoms with Crippen molar-refractivity contribution in [3.8, 4) is 0 Å². The molecule has 1 saturated heterocycles. The van der Waals surface area contributed by atoms with Crippen molar-refractivity contribution in [2.45, 2.75) is 65.0 Å². The van der Waals surface area contributed by atoms with Crippen LogP contribution in [0.3, 0.4) is 0 Å². The van der Waals surface area contributed by atoms with E-state index in [1.807, 2.05) is 32.6 Å². The minimum atomic E-state index is -0.668. The van der Waals surface area contributed by atoms with E-state index in [4.69, 9.17) is 10.5 Å². The summed E-state index contributed by atoms with van der Waals surface area (Å²) in [5.41, 5.74) is 4.87. The first-order chi connectivity index (χ1) is 9.11. The van der Waals surface area contributed by atoms with E-state index in [1.54, 1.807) is 0 Å². The van der Waals surface area contributed by atoms with Crippen molar-refractivity contribution in [2.24, 2.45) is 11.1 Å². The van der Waals surface area contributed by atoms with Gasteiger partial charge in [0, 0.05) is 18.1 Å². The van der Waals surface area contributed by atoms with E-state index in [0.29, 0.717) is 6.54 Å². The summed E-state index contributed by atoms with van der Waals surface area (Å²) in [5, 5.41) is 0. The second-order valence-corrected chi connectivity index (χ2v) is 6.78. The highest BCUT2D eigenvalue weighted by Crippen LogP contribution is 2.33. The normalized spacial score (nSPS) is 20.7. The quantitative estimate of drug-likeness (QED) is 0.797. The predicted octanol–water partition coefficient (Wildman–Crippen LogP) is 1.69. The Kier molecular flexibility index (Phi) is 5.19. The molecule has 0 aromatic rings. The lowest BCUT2D eigenvalue weighted by Crippen LogP contribution is -2.59. The lowest BCUT2D eigenvalue weighted by Gasteiger charge is -2.44. The van der Waals surface area contributed by atoms with Crippen molar-refractivity contribution in [1.82, 2.24) is 4.90 Å². The average Bonchev–Trinajstić information content (AvgIpc) is 2.37. The molecule has 0 radical (unpaired) electrons. The van der Waals surface area contributed by atoms with Gasteiger partial charge < -0.3 is 15.4 Å². The fraction of sp³-hybridized carbons (Fsp3) is 0.867. The predicted molar refractivity (Wildman–Crippen MR) is 78.0 cm³/mol. The number of piperidine rings is 1. The van der Waals surface area contributed by atoms with Gasteiger partial charge in [-0.25, -0.2) is 0 Å². The zero-order valence-corrected chi connectivity index (χ0v) is 13.4. The minimum absolute atomic E-state index is 0.0265. The summed E-state index contributed by atoms with van der Waals surface area (Å²) < 4.78 is 4.73. The maximum atomic E-state index is 12.8. The van der Waals surface area contributed by atoms with Gasteiger partial charge in [0.1, 0.15) is 0 Å². The highest BCUT2D eigenvalue weighted by molar-refractivity contribution is 5.84. The minimum Gasteiger partial charge on any atom is -0.469 e. The first-order valence-electron chi connectivity index (χ1n) is 7.28. The standard InChI is InChI=1S/C15H28N2O3/c1-14(2,15(3,4)16)13(19)17-9-7-6-8-11(17)10-12(18)20-5/h11H,6-10,16H2,1-5H3. The van der Waals surface area contributed by atoms with Crippen LogP contribution in [-0.4, -0.2) is 42.0 Å². The fourth-order valence-corrected chi connectivity index (χ4v) is 2.39. The van der Waals surface area contributed by atoms with Gasteiger partial charge in [-0.3, -0.25) is 9.59 Å². The lowest BCUT2D eigenvalue weighted by atomic mass is 9.73. The molecule has 0 aromatic heterocycles. The molecule has 5 nitrogen and oxygen atoms in total. The fourth-order valence-electron chi connectivity index (χ4n) is 2.39. The summed E-state index contributed by atoms with van der Waals surface area (Å²) in [6.07, 6.45) is 3.13. The van der Waals surface area contributed by atoms with Gasteiger partial charge in [0.15, 0.2) is 0 Å². The Bertz CT molecular complexity index is 372. The molecular weight excluding hydrogens is 256 g/mol. The summed E-state index contributed by atoms with van der Waals surface area (Å²) in [6, 6.07) is -0.0645. The molecule has 5 heteroatoms. The van der Waals surface area contributed by atoms with Crippen LogP contribution in [0.25, 0.3) is 0 Å². The van der Waals surface area contributed by atoms with E-state index < -0.39 is 11.0 Å². The average molecular weight is 284 g/mol. The third-order valence-corrected chi connectivity index (χ3v) is 4.66. The number of methoxy groups -OCH3 is 1. The summed E-state index contributed by atoms with van der Waals surface area (Å²) in [5.74, 6) is -0.238. The van der Waals surface area contributed by atoms with Crippen LogP contribution >= 0.6 is 0 Å². The van der Waals surface area contributed by atoms with Crippen molar-refractivity contribution < 1.29 is 14.3 Å². The molecule has 0 spiro atoms. The van der Waals surface area contributed by atoms with E-state index >= 15 is 0 Å². The van der Waals surface area contributed by atoms with E-state index in [-0.39, 0.29) is 24.3 Å². The number of hydrogen-bond acceptors (Lipinski definition) is 4. The Morgan fingerprint density at radius 3 is 2.35 bits per heavy atom. The van der Waals surface area contributed by atoms with Crippen molar-refractivity contribution >= 4 is 11.9 Å². The van der Waals surface area contributed by atoms with Crippen LogP contribution in [0.4, 0.5) is 0 Å². The molecule has 1 atom stereocenters. The number of carbonyl (C=O) groups is 2. The number of rotatable bonds is 4. The van der Waals surface area contributed by atoms with Gasteiger partial charge in [0.25, 0.3) is 0 Å². The van der Waals surface area contributed by atoms with Gasteiger partial charge in [0.2, 0.25) is 5.91 Å². The molecule has 0 bridgehead atoms. The third kappa shape index (κ3) is 3.51. The number of nitrogens with zero attached hydrogens (tertiary/aromatic N) is 1. The Labute approximate surface area is 121 Å². The SMILES string of the molecule is COC(=O)CC1CCCCN1C(=O)C(C)(C)C(C)(C)N. The van der Waals surface area contributed by atoms with E-state index in [1.165, 1.54) is 7.11 Å². The van der Waals surface area contributed by atoms with E-state index in [0.717, 1.165) is 19.3 Å². The first kappa shape index (κ1) is 17.0. The molecule has 1 rings (SSSR count). The second-order valence-electron chi connectivity index (χ2n) is 6.78. The van der Waals surface area contributed by atoms with E-state index in [2.05, 4.69) is 0 Å². The molecule has 1 amide bonds. The number of likely N-dealkylation sites (tertiary alicyclic amines) is 1. The highest BCUT2D eigenvalue weighted by atomic mass is 16.5. The summed E-state index contributed by atoms with van der Waals surface area (Å²) >= 11 is 0. The maximum absolute atomic E-state index is 12.8. The van der Waals surface area contributed by atoms with Gasteiger partial charge >= 0.3 is 5.97 Å². The molecule has 1 fully saturated rings. The van der Waals surface area contributed by atoms with Crippen LogP contribution in [-0.2, 0) is 14.3 Å². The summed E-state index contributed by atoms with van der Waals surface area (Å²) in [4.78, 5) is 26.2. The molecule has 0 aromatic carbocycles. The van der Waals surface area contributed by atoms with Crippen molar-refractivity contribution in [3.63, 3.8) is 0 Å². The van der Waals surface area contributed by atoms with Gasteiger partial charge in [-0.05, 0) is 47.0 Å². The Balaban J connectivity index is 2.90. The molecule has 1 unspecified atom stereocenters. The summed E-state index contributed by atoms with van der Waals surface area (Å²) in [6.45, 7) is 8.17. The summed E-state index contributed by atoms with van der Waals surface area (Å²) in [7, 11) is 1.38. The van der Waals surface area contributed by atoms with E-state index in [9.17, 15) is 9.59 Å². The van der Waals surface area contributed by atoms with Gasteiger partial charge in [-0.2, -0.15) is 0 Å². The number of hydrogen-bond donors (Lipinski definition) is 1. The molecule has 116 valence electrons. The van der Waals surface area contributed by atoms with Crippen LogP contribution in [0.5, 0.6) is 0 Å². The van der Waals surface area contributed by atoms with Crippen LogP contribution in [0.15, 0.2) is 0 Å². The van der Waals surface area contributed by atoms with Gasteiger partial charge in [-0.1, -0.05) is 0 Å². The highest BCUT2D eigenvalue weighted by Gasteiger charge is 2.45. The van der Waals surface area contributed by atoms with Crippen LogP contribution in [0, 0.1) is 5.41 Å². The number of esters is 1. The molecule has 20 heavy (non-hydrogen) atoms. The topological polar surface area (TPSA) is 72.6 Å². The monoisotopic (exact) mass is 284 g/mol. The lowest BCUT2D eigenvalue weighted by molar-refractivity contribution is -0.150. The zero-order valence-electron chi connectivity index (χ0n) is 13.4. The molecular formula is C15H28N2O3. The maximum Gasteiger partial charge on any atom is 0.307 e. The van der Waals surface area contributed by atoms with Crippen LogP contribution in [0.2, 0.25) is 0 Å². The molecule has 1 aliphatic rings. The molecule has 0 aliphatic carbocycles. The zero-order chi connectivity index (χ0) is 15.6. The van der Waals surface area contributed by atoms with Gasteiger partial charge in [0.05, 0.1) is 18.9 Å². The second kappa shape index (κ2) is 6.12. The molecule has 0 saturated carbocycles. The molecule has 1 aliphatic heterocycles. The van der Waals surface area contributed by atoms with Crippen molar-refractivity contribution in [2.75, 3.05) is 13.7 Å². The van der Waals surface area contributed by atoms with Crippen molar-refractivity contribution in [3.05, 3.63) is 0 Å². The number of amides is 1. The number of nitrogens with two attached hydrogens (primary N) is 1. The number of ether oxygens (including phenoxy) is 1.